The molecule has 0 unspecified atom stereocenters. The zero-order chi connectivity index (χ0) is 17.8. The molecule has 0 spiro atoms. The lowest BCUT2D eigenvalue weighted by molar-refractivity contribution is 0.102. The van der Waals surface area contributed by atoms with Crippen LogP contribution in [0.25, 0.3) is 10.9 Å². The SMILES string of the molecule is CCCOc1cccc(NC(=O)c2ccc3nc(C)ccc3c2)c1F. The van der Waals surface area contributed by atoms with Crippen LogP contribution >= 0.6 is 0 Å². The number of carbonyl (C=O) groups excluding carboxylic acids is 1. The van der Waals surface area contributed by atoms with Gasteiger partial charge in [-0.3, -0.25) is 9.78 Å². The largest absolute Gasteiger partial charge is 0.490 e. The molecule has 0 aliphatic rings. The van der Waals surface area contributed by atoms with Gasteiger partial charge >= 0.3 is 0 Å². The van der Waals surface area contributed by atoms with E-state index in [0.29, 0.717) is 12.2 Å². The summed E-state index contributed by atoms with van der Waals surface area (Å²) in [5.74, 6) is -0.811. The number of carbonyl (C=O) groups is 1. The lowest BCUT2D eigenvalue weighted by Crippen LogP contribution is -2.13. The van der Waals surface area contributed by atoms with Gasteiger partial charge in [0.1, 0.15) is 0 Å². The molecule has 128 valence electrons. The van der Waals surface area contributed by atoms with E-state index in [-0.39, 0.29) is 17.3 Å². The molecule has 0 fully saturated rings. The number of nitrogens with zero attached hydrogens (tertiary/aromatic N) is 1. The van der Waals surface area contributed by atoms with Crippen molar-refractivity contribution in [2.24, 2.45) is 0 Å². The minimum absolute atomic E-state index is 0.0979. The van der Waals surface area contributed by atoms with Crippen molar-refractivity contribution in [3.63, 3.8) is 0 Å². The molecule has 25 heavy (non-hydrogen) atoms. The van der Waals surface area contributed by atoms with E-state index in [4.69, 9.17) is 4.74 Å². The molecule has 3 rings (SSSR count). The maximum Gasteiger partial charge on any atom is 0.255 e. The van der Waals surface area contributed by atoms with Gasteiger partial charge in [-0.25, -0.2) is 4.39 Å². The molecule has 0 aliphatic carbocycles. The van der Waals surface area contributed by atoms with Crippen LogP contribution in [0.5, 0.6) is 5.75 Å². The van der Waals surface area contributed by atoms with Gasteiger partial charge in [-0.2, -0.15) is 0 Å². The summed E-state index contributed by atoms with van der Waals surface area (Å²) in [6.45, 7) is 4.28. The van der Waals surface area contributed by atoms with E-state index in [1.807, 2.05) is 26.0 Å². The summed E-state index contributed by atoms with van der Waals surface area (Å²) in [7, 11) is 0. The first-order valence-electron chi connectivity index (χ1n) is 8.18. The third kappa shape index (κ3) is 3.76. The van der Waals surface area contributed by atoms with Gasteiger partial charge in [0.05, 0.1) is 17.8 Å². The van der Waals surface area contributed by atoms with Gasteiger partial charge < -0.3 is 10.1 Å². The number of rotatable bonds is 5. The van der Waals surface area contributed by atoms with Crippen molar-refractivity contribution in [2.45, 2.75) is 20.3 Å². The number of benzene rings is 2. The number of ether oxygens (including phenoxy) is 1. The molecule has 0 atom stereocenters. The minimum atomic E-state index is -0.567. The third-order valence-corrected chi connectivity index (χ3v) is 3.76. The number of hydrogen-bond donors (Lipinski definition) is 1. The number of halogens is 1. The summed E-state index contributed by atoms with van der Waals surface area (Å²) >= 11 is 0. The molecule has 1 amide bonds. The molecule has 0 saturated carbocycles. The lowest BCUT2D eigenvalue weighted by atomic mass is 10.1. The van der Waals surface area contributed by atoms with Gasteiger partial charge in [0, 0.05) is 16.6 Å². The van der Waals surface area contributed by atoms with Gasteiger partial charge in [-0.1, -0.05) is 19.1 Å². The van der Waals surface area contributed by atoms with Gasteiger partial charge in [0.15, 0.2) is 11.6 Å². The first-order valence-corrected chi connectivity index (χ1v) is 8.18. The molecule has 1 heterocycles. The standard InChI is InChI=1S/C20H19FN2O2/c1-3-11-25-18-6-4-5-17(19(18)21)23-20(24)15-9-10-16-14(12-15)8-7-13(2)22-16/h4-10,12H,3,11H2,1-2H3,(H,23,24). The molecule has 5 heteroatoms. The summed E-state index contributed by atoms with van der Waals surface area (Å²) in [4.78, 5) is 16.9. The maximum absolute atomic E-state index is 14.4. The number of pyridine rings is 1. The minimum Gasteiger partial charge on any atom is -0.490 e. The van der Waals surface area contributed by atoms with Gasteiger partial charge in [-0.15, -0.1) is 0 Å². The zero-order valence-corrected chi connectivity index (χ0v) is 14.2. The van der Waals surface area contributed by atoms with Crippen LogP contribution in [-0.2, 0) is 0 Å². The highest BCUT2D eigenvalue weighted by Crippen LogP contribution is 2.25. The first kappa shape index (κ1) is 16.9. The lowest BCUT2D eigenvalue weighted by Gasteiger charge is -2.11. The number of aryl methyl sites for hydroxylation is 1. The van der Waals surface area contributed by atoms with E-state index in [2.05, 4.69) is 10.3 Å². The van der Waals surface area contributed by atoms with Gasteiger partial charge in [0.2, 0.25) is 0 Å². The third-order valence-electron chi connectivity index (χ3n) is 3.76. The Morgan fingerprint density at radius 2 is 2.04 bits per heavy atom. The van der Waals surface area contributed by atoms with E-state index in [9.17, 15) is 9.18 Å². The zero-order valence-electron chi connectivity index (χ0n) is 14.2. The highest BCUT2D eigenvalue weighted by molar-refractivity contribution is 6.06. The number of fused-ring (bicyclic) bond motifs is 1. The van der Waals surface area contributed by atoms with Crippen LogP contribution in [0.3, 0.4) is 0 Å². The Labute approximate surface area is 145 Å². The molecule has 2 aromatic carbocycles. The number of aromatic nitrogens is 1. The summed E-state index contributed by atoms with van der Waals surface area (Å²) in [5.41, 5.74) is 2.27. The fraction of sp³-hybridized carbons (Fsp3) is 0.200. The highest BCUT2D eigenvalue weighted by atomic mass is 19.1. The van der Waals surface area contributed by atoms with Crippen LogP contribution in [-0.4, -0.2) is 17.5 Å². The summed E-state index contributed by atoms with van der Waals surface area (Å²) in [6.07, 6.45) is 0.778. The summed E-state index contributed by atoms with van der Waals surface area (Å²) in [5, 5.41) is 3.47. The van der Waals surface area contributed by atoms with E-state index in [0.717, 1.165) is 23.0 Å². The molecule has 4 nitrogen and oxygen atoms in total. The predicted octanol–water partition coefficient (Wildman–Crippen LogP) is 4.72. The van der Waals surface area contributed by atoms with Crippen molar-refractivity contribution in [2.75, 3.05) is 11.9 Å². The van der Waals surface area contributed by atoms with Crippen LogP contribution in [0.2, 0.25) is 0 Å². The van der Waals surface area contributed by atoms with Gasteiger partial charge in [0.25, 0.3) is 5.91 Å². The fourth-order valence-corrected chi connectivity index (χ4v) is 2.49. The van der Waals surface area contributed by atoms with E-state index >= 15 is 0 Å². The van der Waals surface area contributed by atoms with Crippen LogP contribution in [0, 0.1) is 12.7 Å². The average Bonchev–Trinajstić information content (AvgIpc) is 2.62. The van der Waals surface area contributed by atoms with Crippen molar-refractivity contribution in [1.82, 2.24) is 4.98 Å². The van der Waals surface area contributed by atoms with E-state index in [1.165, 1.54) is 6.07 Å². The maximum atomic E-state index is 14.4. The molecule has 0 bridgehead atoms. The Kier molecular flexibility index (Phi) is 4.93. The normalized spacial score (nSPS) is 10.7. The highest BCUT2D eigenvalue weighted by Gasteiger charge is 2.13. The molecular formula is C20H19FN2O2. The Balaban J connectivity index is 1.83. The average molecular weight is 338 g/mol. The number of anilines is 1. The molecular weight excluding hydrogens is 319 g/mol. The van der Waals surface area contributed by atoms with Crippen LogP contribution in [0.4, 0.5) is 10.1 Å². The van der Waals surface area contributed by atoms with Gasteiger partial charge in [-0.05, 0) is 49.7 Å². The van der Waals surface area contributed by atoms with Crippen molar-refractivity contribution < 1.29 is 13.9 Å². The molecule has 1 N–H and O–H groups in total. The van der Waals surface area contributed by atoms with Crippen molar-refractivity contribution in [3.8, 4) is 5.75 Å². The second-order valence-corrected chi connectivity index (χ2v) is 5.78. The Hall–Kier alpha value is -2.95. The Morgan fingerprint density at radius 3 is 2.84 bits per heavy atom. The van der Waals surface area contributed by atoms with E-state index < -0.39 is 5.82 Å². The molecule has 0 saturated heterocycles. The smallest absolute Gasteiger partial charge is 0.255 e. The molecule has 3 aromatic rings. The van der Waals surface area contributed by atoms with E-state index in [1.54, 1.807) is 30.3 Å². The van der Waals surface area contributed by atoms with Crippen molar-refractivity contribution in [3.05, 3.63) is 65.6 Å². The summed E-state index contributed by atoms with van der Waals surface area (Å²) in [6, 6.07) is 13.7. The quantitative estimate of drug-likeness (QED) is 0.732. The Morgan fingerprint density at radius 1 is 1.20 bits per heavy atom. The van der Waals surface area contributed by atoms with Crippen molar-refractivity contribution in [1.29, 1.82) is 0 Å². The molecule has 1 aromatic heterocycles. The molecule has 0 radical (unpaired) electrons. The number of nitrogens with one attached hydrogen (secondary N) is 1. The monoisotopic (exact) mass is 338 g/mol. The second-order valence-electron chi connectivity index (χ2n) is 5.78. The fourth-order valence-electron chi connectivity index (χ4n) is 2.49. The number of amides is 1. The van der Waals surface area contributed by atoms with Crippen LogP contribution in [0.15, 0.2) is 48.5 Å². The Bertz CT molecular complexity index is 925. The predicted molar refractivity (Wildman–Crippen MR) is 96.6 cm³/mol. The van der Waals surface area contributed by atoms with Crippen LogP contribution in [0.1, 0.15) is 29.4 Å². The topological polar surface area (TPSA) is 51.2 Å². The number of hydrogen-bond acceptors (Lipinski definition) is 3. The molecule has 0 aliphatic heterocycles. The van der Waals surface area contributed by atoms with Crippen molar-refractivity contribution >= 4 is 22.5 Å². The first-order chi connectivity index (χ1) is 12.1. The second kappa shape index (κ2) is 7.30. The summed E-state index contributed by atoms with van der Waals surface area (Å²) < 4.78 is 19.8. The van der Waals surface area contributed by atoms with Crippen LogP contribution < -0.4 is 10.1 Å².